The molecule has 0 spiro atoms. The minimum Gasteiger partial charge on any atom is -0.450 e. The van der Waals surface area contributed by atoms with Gasteiger partial charge in [-0.3, -0.25) is 0 Å². The normalized spacial score (nSPS) is 15.7. The fourth-order valence-corrected chi connectivity index (χ4v) is 11.3. The molecular weight excluding hydrogens is 1200 g/mol. The van der Waals surface area contributed by atoms with E-state index in [1.54, 1.807) is 6.92 Å². The molecule has 4 atom stereocenters. The number of ether oxygens (including phenoxy) is 4. The number of hydrogen-bond acceptors (Lipinski definition) is 12. The summed E-state index contributed by atoms with van der Waals surface area (Å²) in [4.78, 5) is 96.5. The Morgan fingerprint density at radius 3 is 0.660 bits per heavy atom. The molecule has 2 fully saturated rings. The lowest BCUT2D eigenvalue weighted by molar-refractivity contribution is 0.142. The molecule has 0 radical (unpaired) electrons. The topological polar surface area (TPSA) is 318 Å². The van der Waals surface area contributed by atoms with Gasteiger partial charge >= 0.3 is 48.5 Å². The Balaban J connectivity index is 0.000000948. The van der Waals surface area contributed by atoms with E-state index >= 15 is 0 Å². The van der Waals surface area contributed by atoms with Crippen molar-refractivity contribution >= 4 is 48.5 Å². The maximum atomic E-state index is 12.5. The van der Waals surface area contributed by atoms with Gasteiger partial charge < -0.3 is 82.7 Å². The molecule has 548 valence electrons. The summed E-state index contributed by atoms with van der Waals surface area (Å²) in [6.07, 6.45) is 41.8. The third kappa shape index (κ3) is 55.4. The minimum atomic E-state index is -0.381. The predicted molar refractivity (Wildman–Crippen MR) is 375 cm³/mol. The summed E-state index contributed by atoms with van der Waals surface area (Å²) in [5.74, 6) is 0. The van der Waals surface area contributed by atoms with Gasteiger partial charge in [-0.25, -0.2) is 38.4 Å². The first-order chi connectivity index (χ1) is 45.9. The monoisotopic (exact) mass is 1340 g/mol. The fourth-order valence-electron chi connectivity index (χ4n) is 11.3. The maximum Gasteiger partial charge on any atom is 0.407 e. The van der Waals surface area contributed by atoms with E-state index in [-0.39, 0.29) is 72.7 Å². The summed E-state index contributed by atoms with van der Waals surface area (Å²) in [7, 11) is 0. The van der Waals surface area contributed by atoms with Crippen LogP contribution in [-0.4, -0.2) is 151 Å². The van der Waals surface area contributed by atoms with E-state index in [0.29, 0.717) is 78.8 Å². The Hall–Kier alpha value is -5.84. The Morgan fingerprint density at radius 2 is 0.436 bits per heavy atom. The molecule has 0 bridgehead atoms. The molecule has 12 N–H and O–H groups in total. The van der Waals surface area contributed by atoms with Gasteiger partial charge in [-0.15, -0.1) is 0 Å². The van der Waals surface area contributed by atoms with Crippen molar-refractivity contribution in [1.29, 1.82) is 0 Å². The van der Waals surface area contributed by atoms with Gasteiger partial charge in [0.15, 0.2) is 0 Å². The molecule has 0 heterocycles. The van der Waals surface area contributed by atoms with Gasteiger partial charge in [0.25, 0.3) is 0 Å². The van der Waals surface area contributed by atoms with E-state index in [1.807, 2.05) is 0 Å². The molecule has 0 aromatic rings. The molecule has 2 rings (SSSR count). The Labute approximate surface area is 567 Å². The first kappa shape index (κ1) is 86.2. The van der Waals surface area contributed by atoms with Gasteiger partial charge in [0, 0.05) is 52.4 Å². The summed E-state index contributed by atoms with van der Waals surface area (Å²) >= 11 is 0. The number of rotatable bonds is 54. The van der Waals surface area contributed by atoms with Crippen LogP contribution in [0, 0.1) is 0 Å². The third-order valence-electron chi connectivity index (χ3n) is 16.9. The van der Waals surface area contributed by atoms with Crippen molar-refractivity contribution in [2.45, 2.75) is 322 Å². The molecule has 24 heteroatoms. The Morgan fingerprint density at radius 1 is 0.245 bits per heavy atom. The van der Waals surface area contributed by atoms with E-state index in [1.165, 1.54) is 77.0 Å². The maximum absolute atomic E-state index is 12.5. The molecule has 0 aliphatic heterocycles. The molecule has 2 saturated carbocycles. The van der Waals surface area contributed by atoms with Gasteiger partial charge in [0.1, 0.15) is 0 Å². The summed E-state index contributed by atoms with van der Waals surface area (Å²) in [6, 6.07) is -1.15. The van der Waals surface area contributed by atoms with E-state index < -0.39 is 0 Å². The molecule has 2 aliphatic carbocycles. The lowest BCUT2D eigenvalue weighted by Gasteiger charge is -2.32. The summed E-state index contributed by atoms with van der Waals surface area (Å²) in [5, 5.41) is 35.1. The number of hydrogen-bond donors (Lipinski definition) is 12. The molecule has 94 heavy (non-hydrogen) atoms. The number of carbonyl (C=O) groups excluding carboxylic acids is 8. The zero-order valence-corrected chi connectivity index (χ0v) is 59.4. The fraction of sp³-hybridized carbons (Fsp3) is 0.886. The van der Waals surface area contributed by atoms with Crippen LogP contribution in [-0.2, 0) is 18.9 Å². The van der Waals surface area contributed by atoms with Crippen LogP contribution in [0.4, 0.5) is 38.4 Å². The number of carbonyl (C=O) groups is 8. The quantitative estimate of drug-likeness (QED) is 0.0200. The van der Waals surface area contributed by atoms with Crippen LogP contribution in [0.1, 0.15) is 297 Å². The highest BCUT2D eigenvalue weighted by Crippen LogP contribution is 2.20. The Bertz CT molecular complexity index is 1830. The lowest BCUT2D eigenvalue weighted by atomic mass is 9.90. The van der Waals surface area contributed by atoms with Crippen LogP contribution in [0.15, 0.2) is 0 Å². The first-order valence-electron chi connectivity index (χ1n) is 37.7. The van der Waals surface area contributed by atoms with E-state index in [2.05, 4.69) is 84.6 Å². The largest absolute Gasteiger partial charge is 0.450 e. The van der Waals surface area contributed by atoms with Crippen molar-refractivity contribution < 1.29 is 57.3 Å². The van der Waals surface area contributed by atoms with Gasteiger partial charge in [0.05, 0.1) is 50.6 Å². The number of amides is 12. The molecule has 24 nitrogen and oxygen atoms in total. The van der Waals surface area contributed by atoms with Gasteiger partial charge in [-0.2, -0.15) is 0 Å². The molecule has 0 aromatic heterocycles. The highest BCUT2D eigenvalue weighted by Gasteiger charge is 2.29. The van der Waals surface area contributed by atoms with Crippen LogP contribution in [0.25, 0.3) is 0 Å². The van der Waals surface area contributed by atoms with Crippen molar-refractivity contribution in [3.8, 4) is 0 Å². The van der Waals surface area contributed by atoms with Crippen LogP contribution >= 0.6 is 0 Å². The SMILES string of the molecule is CCCCCCCCOC(=O)NCCCCCCNC(=O)N[C@@H]1CCCC[C@H]1NC(=O)NCCCCCCNC(=O)OCCCCCCCC.CCCCCCCCOC(=O)NCCCCCCNC(=O)N[C@H]1CCCC[C@@H]1NC(=O)NCCCCCCNC(=O)OCC. The van der Waals surface area contributed by atoms with Crippen molar-refractivity contribution in [3.63, 3.8) is 0 Å². The minimum absolute atomic E-state index is 0.0894. The van der Waals surface area contributed by atoms with Gasteiger partial charge in [-0.1, -0.05) is 194 Å². The number of nitrogens with one attached hydrogen (secondary N) is 12. The predicted octanol–water partition coefficient (Wildman–Crippen LogP) is 14.0. The van der Waals surface area contributed by atoms with Crippen LogP contribution in [0.3, 0.4) is 0 Å². The average Bonchev–Trinajstić information content (AvgIpc) is 1.40. The van der Waals surface area contributed by atoms with Crippen molar-refractivity contribution in [2.75, 3.05) is 78.8 Å². The zero-order chi connectivity index (χ0) is 68.4. The summed E-state index contributed by atoms with van der Waals surface area (Å²) < 4.78 is 20.5. The van der Waals surface area contributed by atoms with Crippen molar-refractivity contribution in [3.05, 3.63) is 0 Å². The molecule has 12 amide bonds. The summed E-state index contributed by atoms with van der Waals surface area (Å²) in [6.45, 7) is 14.9. The average molecular weight is 1340 g/mol. The summed E-state index contributed by atoms with van der Waals surface area (Å²) in [5.41, 5.74) is 0. The molecule has 2 aliphatic rings. The highest BCUT2D eigenvalue weighted by molar-refractivity contribution is 5.77. The zero-order valence-electron chi connectivity index (χ0n) is 59.4. The number of unbranched alkanes of at least 4 members (excludes halogenated alkanes) is 27. The van der Waals surface area contributed by atoms with E-state index in [9.17, 15) is 38.4 Å². The first-order valence-corrected chi connectivity index (χ1v) is 37.7. The molecule has 0 unspecified atom stereocenters. The van der Waals surface area contributed by atoms with Crippen LogP contribution < -0.4 is 63.8 Å². The van der Waals surface area contributed by atoms with E-state index in [0.717, 1.165) is 193 Å². The lowest BCUT2D eigenvalue weighted by Crippen LogP contribution is -2.56. The van der Waals surface area contributed by atoms with Crippen molar-refractivity contribution in [1.82, 2.24) is 63.8 Å². The van der Waals surface area contributed by atoms with Gasteiger partial charge in [-0.05, 0) is 103 Å². The molecular formula is C70H136N12O12. The second-order valence-corrected chi connectivity index (χ2v) is 25.4. The molecule has 0 saturated heterocycles. The second-order valence-electron chi connectivity index (χ2n) is 25.4. The third-order valence-corrected chi connectivity index (χ3v) is 16.9. The number of alkyl carbamates (subject to hydrolysis) is 4. The van der Waals surface area contributed by atoms with Crippen molar-refractivity contribution in [2.24, 2.45) is 0 Å². The van der Waals surface area contributed by atoms with E-state index in [4.69, 9.17) is 18.9 Å². The Kier molecular flexibility index (Phi) is 59.1. The smallest absolute Gasteiger partial charge is 0.407 e. The van der Waals surface area contributed by atoms with Crippen LogP contribution in [0.5, 0.6) is 0 Å². The van der Waals surface area contributed by atoms with Gasteiger partial charge in [0.2, 0.25) is 0 Å². The highest BCUT2D eigenvalue weighted by atomic mass is 16.6. The second kappa shape index (κ2) is 64.5. The number of urea groups is 4. The molecule has 0 aromatic carbocycles. The van der Waals surface area contributed by atoms with Crippen LogP contribution in [0.2, 0.25) is 0 Å². The standard InChI is InChI=1S/C38H74N6O6.C32H62N6O6/c1-3-5-7-9-15-23-31-49-37(47)41-29-21-13-11-19-27-39-35(45)43-33-25-17-18-26-34(33)44-36(46)40-28-20-12-14-22-30-42-38(48)50-32-24-16-10-8-6-4-2;1-3-5-6-7-12-19-26-44-32(42)36-25-18-11-9-16-23-34-30(40)38-28-21-14-13-20-27(28)37-29(39)33-22-15-8-10-17-24-35-31(41)43-4-2/h33-34H,3-32H2,1-2H3,(H,41,47)(H,42,48)(H2,39,43,45)(H2,40,44,46);27-28H,3-26H2,1-2H3,(H,35,41)(H,36,42)(H2,33,37,39)(H2,34,38,40)/t33-,34-;27-,28-/m10/s1.